The van der Waals surface area contributed by atoms with Crippen LogP contribution in [0.15, 0.2) is 59.6 Å². The van der Waals surface area contributed by atoms with Crippen molar-refractivity contribution in [2.75, 3.05) is 0 Å². The third-order valence-corrected chi connectivity index (χ3v) is 5.89. The first kappa shape index (κ1) is 15.3. The highest BCUT2D eigenvalue weighted by Gasteiger charge is 2.28. The van der Waals surface area contributed by atoms with Crippen LogP contribution in [0.25, 0.3) is 10.9 Å². The summed E-state index contributed by atoms with van der Waals surface area (Å²) in [5.41, 5.74) is 4.19. The van der Waals surface area contributed by atoms with Gasteiger partial charge in [0.2, 0.25) is 0 Å². The van der Waals surface area contributed by atoms with Gasteiger partial charge < -0.3 is 0 Å². The third-order valence-electron chi connectivity index (χ3n) is 4.52. The first-order chi connectivity index (χ1) is 11.5. The van der Waals surface area contributed by atoms with Gasteiger partial charge in [-0.15, -0.1) is 0 Å². The summed E-state index contributed by atoms with van der Waals surface area (Å²) in [5.74, 6) is 0. The molecule has 1 atom stereocenters. The average Bonchev–Trinajstić information content (AvgIpc) is 2.95. The number of pyridine rings is 1. The van der Waals surface area contributed by atoms with Gasteiger partial charge in [-0.25, -0.2) is 18.1 Å². The number of aryl methyl sites for hydroxylation is 2. The quantitative estimate of drug-likeness (QED) is 0.795. The van der Waals surface area contributed by atoms with E-state index in [0.29, 0.717) is 5.52 Å². The van der Waals surface area contributed by atoms with Crippen molar-refractivity contribution in [2.45, 2.75) is 30.8 Å². The predicted octanol–water partition coefficient (Wildman–Crippen LogP) is 3.51. The lowest BCUT2D eigenvalue weighted by atomic mass is 10.1. The Morgan fingerprint density at radius 2 is 1.92 bits per heavy atom. The Morgan fingerprint density at radius 3 is 2.79 bits per heavy atom. The SMILES string of the molecule is Cc1ccc2c(c1)CCC2NS(=O)(=O)c1ccc2ccccc2n1. The summed E-state index contributed by atoms with van der Waals surface area (Å²) in [6, 6.07) is 16.9. The molecule has 4 nitrogen and oxygen atoms in total. The fourth-order valence-corrected chi connectivity index (χ4v) is 4.52. The van der Waals surface area contributed by atoms with Crippen molar-refractivity contribution in [1.29, 1.82) is 0 Å². The van der Waals surface area contributed by atoms with Crippen molar-refractivity contribution in [1.82, 2.24) is 9.71 Å². The minimum absolute atomic E-state index is 0.0711. The molecule has 0 saturated carbocycles. The molecule has 122 valence electrons. The summed E-state index contributed by atoms with van der Waals surface area (Å²) in [6.45, 7) is 2.05. The number of nitrogens with one attached hydrogen (secondary N) is 1. The molecule has 1 aromatic heterocycles. The maximum atomic E-state index is 12.7. The number of benzene rings is 2. The van der Waals surface area contributed by atoms with Crippen LogP contribution in [-0.2, 0) is 16.4 Å². The number of para-hydroxylation sites is 1. The van der Waals surface area contributed by atoms with E-state index in [-0.39, 0.29) is 11.1 Å². The van der Waals surface area contributed by atoms with E-state index in [4.69, 9.17) is 0 Å². The fourth-order valence-electron chi connectivity index (χ4n) is 3.31. The molecular weight excluding hydrogens is 320 g/mol. The molecule has 5 heteroatoms. The van der Waals surface area contributed by atoms with E-state index in [2.05, 4.69) is 22.7 Å². The summed E-state index contributed by atoms with van der Waals surface area (Å²) in [6.07, 6.45) is 1.68. The van der Waals surface area contributed by atoms with Gasteiger partial charge in [-0.1, -0.05) is 42.0 Å². The number of nitrogens with zero attached hydrogens (tertiary/aromatic N) is 1. The lowest BCUT2D eigenvalue weighted by Crippen LogP contribution is -2.28. The Kier molecular flexibility index (Phi) is 3.62. The highest BCUT2D eigenvalue weighted by molar-refractivity contribution is 7.89. The highest BCUT2D eigenvalue weighted by atomic mass is 32.2. The van der Waals surface area contributed by atoms with E-state index < -0.39 is 10.0 Å². The van der Waals surface area contributed by atoms with Gasteiger partial charge in [0.15, 0.2) is 5.03 Å². The van der Waals surface area contributed by atoms with E-state index >= 15 is 0 Å². The Bertz CT molecular complexity index is 1030. The highest BCUT2D eigenvalue weighted by Crippen LogP contribution is 2.32. The Hall–Kier alpha value is -2.24. The Labute approximate surface area is 141 Å². The molecule has 1 unspecified atom stereocenters. The van der Waals surface area contributed by atoms with Crippen LogP contribution in [0.4, 0.5) is 0 Å². The average molecular weight is 338 g/mol. The smallest absolute Gasteiger partial charge is 0.235 e. The first-order valence-corrected chi connectivity index (χ1v) is 9.49. The maximum absolute atomic E-state index is 12.7. The second-order valence-electron chi connectivity index (χ2n) is 6.26. The van der Waals surface area contributed by atoms with Crippen LogP contribution in [0, 0.1) is 6.92 Å². The van der Waals surface area contributed by atoms with Gasteiger partial charge in [0.1, 0.15) is 0 Å². The summed E-state index contributed by atoms with van der Waals surface area (Å²) >= 11 is 0. The van der Waals surface area contributed by atoms with E-state index in [1.165, 1.54) is 11.1 Å². The van der Waals surface area contributed by atoms with E-state index in [9.17, 15) is 8.42 Å². The molecule has 0 fully saturated rings. The van der Waals surface area contributed by atoms with Crippen molar-refractivity contribution >= 4 is 20.9 Å². The summed E-state index contributed by atoms with van der Waals surface area (Å²) < 4.78 is 28.3. The lowest BCUT2D eigenvalue weighted by Gasteiger charge is -2.14. The van der Waals surface area contributed by atoms with Gasteiger partial charge in [0.25, 0.3) is 10.0 Å². The molecule has 0 radical (unpaired) electrons. The van der Waals surface area contributed by atoms with Gasteiger partial charge in [-0.2, -0.15) is 0 Å². The zero-order valence-electron chi connectivity index (χ0n) is 13.4. The number of aromatic nitrogens is 1. The van der Waals surface area contributed by atoms with Crippen molar-refractivity contribution in [3.63, 3.8) is 0 Å². The number of hydrogen-bond acceptors (Lipinski definition) is 3. The van der Waals surface area contributed by atoms with Crippen molar-refractivity contribution in [2.24, 2.45) is 0 Å². The molecule has 1 N–H and O–H groups in total. The standard InChI is InChI=1S/C19H18N2O2S/c1-13-6-9-16-15(12-13)7-10-18(16)21-24(22,23)19-11-8-14-4-2-3-5-17(14)20-19/h2-6,8-9,11-12,18,21H,7,10H2,1H3. The molecule has 0 spiro atoms. The Morgan fingerprint density at radius 1 is 1.08 bits per heavy atom. The van der Waals surface area contributed by atoms with Gasteiger partial charge in [0, 0.05) is 11.4 Å². The van der Waals surface area contributed by atoms with E-state index in [1.807, 2.05) is 36.4 Å². The molecule has 4 rings (SSSR count). The van der Waals surface area contributed by atoms with Crippen LogP contribution < -0.4 is 4.72 Å². The molecule has 0 aliphatic heterocycles. The zero-order valence-corrected chi connectivity index (χ0v) is 14.2. The van der Waals surface area contributed by atoms with Gasteiger partial charge >= 0.3 is 0 Å². The summed E-state index contributed by atoms with van der Waals surface area (Å²) in [7, 11) is -3.65. The number of hydrogen-bond donors (Lipinski definition) is 1. The van der Waals surface area contributed by atoms with Crippen LogP contribution >= 0.6 is 0 Å². The maximum Gasteiger partial charge on any atom is 0.258 e. The van der Waals surface area contributed by atoms with E-state index in [0.717, 1.165) is 23.8 Å². The van der Waals surface area contributed by atoms with Gasteiger partial charge in [0.05, 0.1) is 5.52 Å². The van der Waals surface area contributed by atoms with E-state index in [1.54, 1.807) is 12.1 Å². The largest absolute Gasteiger partial charge is 0.258 e. The zero-order chi connectivity index (χ0) is 16.7. The number of fused-ring (bicyclic) bond motifs is 2. The van der Waals surface area contributed by atoms with Crippen LogP contribution in [0.2, 0.25) is 0 Å². The molecule has 3 aromatic rings. The minimum atomic E-state index is -3.65. The molecule has 24 heavy (non-hydrogen) atoms. The monoisotopic (exact) mass is 338 g/mol. The lowest BCUT2D eigenvalue weighted by molar-refractivity contribution is 0.551. The molecule has 0 amide bonds. The van der Waals surface area contributed by atoms with Crippen molar-refractivity contribution < 1.29 is 8.42 Å². The number of sulfonamides is 1. The first-order valence-electron chi connectivity index (χ1n) is 8.00. The van der Waals surface area contributed by atoms with Crippen molar-refractivity contribution in [3.8, 4) is 0 Å². The van der Waals surface area contributed by atoms with Crippen LogP contribution in [-0.4, -0.2) is 13.4 Å². The second kappa shape index (κ2) is 5.69. The topological polar surface area (TPSA) is 59.1 Å². The minimum Gasteiger partial charge on any atom is -0.235 e. The summed E-state index contributed by atoms with van der Waals surface area (Å²) in [4.78, 5) is 4.31. The normalized spacial score (nSPS) is 17.1. The number of rotatable bonds is 3. The molecule has 0 saturated heterocycles. The van der Waals surface area contributed by atoms with Crippen LogP contribution in [0.5, 0.6) is 0 Å². The summed E-state index contributed by atoms with van der Waals surface area (Å²) in [5, 5.41) is 1.000. The van der Waals surface area contributed by atoms with Gasteiger partial charge in [-0.05, 0) is 49.1 Å². The predicted molar refractivity (Wildman–Crippen MR) is 94.3 cm³/mol. The molecule has 1 heterocycles. The molecular formula is C19H18N2O2S. The van der Waals surface area contributed by atoms with Crippen LogP contribution in [0.3, 0.4) is 0 Å². The third kappa shape index (κ3) is 2.70. The molecule has 1 aliphatic carbocycles. The molecule has 1 aliphatic rings. The van der Waals surface area contributed by atoms with Crippen LogP contribution in [0.1, 0.15) is 29.2 Å². The Balaban J connectivity index is 1.66. The molecule has 0 bridgehead atoms. The fraction of sp³-hybridized carbons (Fsp3) is 0.211. The molecule has 2 aromatic carbocycles. The van der Waals surface area contributed by atoms with Crippen molar-refractivity contribution in [3.05, 3.63) is 71.3 Å². The van der Waals surface area contributed by atoms with Gasteiger partial charge in [-0.3, -0.25) is 0 Å². The second-order valence-corrected chi connectivity index (χ2v) is 7.92.